The van der Waals surface area contributed by atoms with Crippen molar-refractivity contribution >= 4 is 33.4 Å². The number of hydrogen-bond acceptors (Lipinski definition) is 4. The summed E-state index contributed by atoms with van der Waals surface area (Å²) in [5, 5.41) is 7.34. The number of aryl methyl sites for hydroxylation is 1. The second-order valence-electron chi connectivity index (χ2n) is 7.22. The molecule has 2 N–H and O–H groups in total. The molecule has 2 aromatic rings. The van der Waals surface area contributed by atoms with Crippen molar-refractivity contribution in [2.24, 2.45) is 10.9 Å². The molecule has 1 aliphatic heterocycles. The van der Waals surface area contributed by atoms with E-state index in [0.29, 0.717) is 12.3 Å². The van der Waals surface area contributed by atoms with E-state index in [1.807, 2.05) is 6.07 Å². The van der Waals surface area contributed by atoms with Gasteiger partial charge < -0.3 is 15.5 Å². The normalized spacial score (nSPS) is 15.8. The summed E-state index contributed by atoms with van der Waals surface area (Å²) in [5.41, 5.74) is 1.10. The third-order valence-corrected chi connectivity index (χ3v) is 6.25. The molecule has 1 aromatic carbocycles. The maximum atomic E-state index is 11.6. The average Bonchev–Trinajstić information content (AvgIpc) is 3.13. The number of amides is 1. The minimum absolute atomic E-state index is 0.147. The smallest absolute Gasteiger partial charge is 0.220 e. The molecule has 152 valence electrons. The van der Waals surface area contributed by atoms with Gasteiger partial charge in [0.15, 0.2) is 5.96 Å². The molecule has 28 heavy (non-hydrogen) atoms. The third-order valence-electron chi connectivity index (χ3n) is 5.15. The zero-order chi connectivity index (χ0) is 19.8. The summed E-state index contributed by atoms with van der Waals surface area (Å²) in [6.45, 7) is 5.71. The summed E-state index contributed by atoms with van der Waals surface area (Å²) in [5.74, 6) is 1.64. The number of hydrogen-bond donors (Lipinski definition) is 2. The molecule has 0 saturated carbocycles. The maximum Gasteiger partial charge on any atom is 0.220 e. The van der Waals surface area contributed by atoms with Crippen LogP contribution in [-0.2, 0) is 11.2 Å². The van der Waals surface area contributed by atoms with Crippen molar-refractivity contribution in [2.75, 3.05) is 33.2 Å². The Hall–Kier alpha value is -2.15. The van der Waals surface area contributed by atoms with Gasteiger partial charge in [0, 0.05) is 46.1 Å². The van der Waals surface area contributed by atoms with E-state index in [1.165, 1.54) is 9.71 Å². The zero-order valence-electron chi connectivity index (χ0n) is 16.9. The van der Waals surface area contributed by atoms with E-state index in [0.717, 1.165) is 63.3 Å². The second-order valence-corrected chi connectivity index (χ2v) is 8.34. The Morgan fingerprint density at radius 1 is 1.32 bits per heavy atom. The molecule has 2 heterocycles. The predicted molar refractivity (Wildman–Crippen MR) is 117 cm³/mol. The van der Waals surface area contributed by atoms with E-state index in [2.05, 4.69) is 40.7 Å². The first-order chi connectivity index (χ1) is 13.7. The van der Waals surface area contributed by atoms with Crippen LogP contribution in [0.15, 0.2) is 29.3 Å². The summed E-state index contributed by atoms with van der Waals surface area (Å²) >= 11 is 1.78. The Kier molecular flexibility index (Phi) is 7.65. The molecule has 1 amide bonds. The molecular formula is C21H31N5OS. The summed E-state index contributed by atoms with van der Waals surface area (Å²) in [6, 6.07) is 8.31. The average molecular weight is 402 g/mol. The lowest BCUT2D eigenvalue weighted by Gasteiger charge is -2.34. The lowest BCUT2D eigenvalue weighted by Crippen LogP contribution is -2.46. The molecule has 7 heteroatoms. The van der Waals surface area contributed by atoms with Crippen LogP contribution in [0.4, 0.5) is 0 Å². The molecule has 0 bridgehead atoms. The summed E-state index contributed by atoms with van der Waals surface area (Å²) in [7, 11) is 1.71. The molecule has 0 aliphatic carbocycles. The first-order valence-electron chi connectivity index (χ1n) is 10.3. The van der Waals surface area contributed by atoms with Gasteiger partial charge in [-0.1, -0.05) is 12.1 Å². The van der Waals surface area contributed by atoms with Crippen LogP contribution >= 0.6 is 11.3 Å². The number of para-hydroxylation sites is 1. The van der Waals surface area contributed by atoms with E-state index in [9.17, 15) is 4.79 Å². The quantitative estimate of drug-likeness (QED) is 0.425. The van der Waals surface area contributed by atoms with Crippen LogP contribution in [0, 0.1) is 5.92 Å². The Morgan fingerprint density at radius 3 is 2.82 bits per heavy atom. The minimum atomic E-state index is 0.147. The SMILES string of the molecule is CCNC(=NCCCc1nc2ccccc2s1)N1CCC(CC(=O)NC)CC1. The number of benzene rings is 1. The van der Waals surface area contributed by atoms with Crippen LogP contribution in [0.2, 0.25) is 0 Å². The summed E-state index contributed by atoms with van der Waals surface area (Å²) < 4.78 is 1.26. The highest BCUT2D eigenvalue weighted by Gasteiger charge is 2.22. The Labute approximate surface area is 171 Å². The number of aromatic nitrogens is 1. The third kappa shape index (κ3) is 5.67. The van der Waals surface area contributed by atoms with Gasteiger partial charge in [0.05, 0.1) is 15.2 Å². The topological polar surface area (TPSA) is 69.6 Å². The number of nitrogens with zero attached hydrogens (tertiary/aromatic N) is 3. The van der Waals surface area contributed by atoms with E-state index in [4.69, 9.17) is 9.98 Å². The zero-order valence-corrected chi connectivity index (χ0v) is 17.7. The minimum Gasteiger partial charge on any atom is -0.359 e. The molecule has 6 nitrogen and oxygen atoms in total. The molecule has 0 atom stereocenters. The Morgan fingerprint density at radius 2 is 2.11 bits per heavy atom. The highest BCUT2D eigenvalue weighted by molar-refractivity contribution is 7.18. The van der Waals surface area contributed by atoms with E-state index >= 15 is 0 Å². The number of likely N-dealkylation sites (tertiary alicyclic amines) is 1. The molecule has 1 aromatic heterocycles. The van der Waals surface area contributed by atoms with Crippen molar-refractivity contribution < 1.29 is 4.79 Å². The van der Waals surface area contributed by atoms with Gasteiger partial charge in [-0.25, -0.2) is 4.98 Å². The van der Waals surface area contributed by atoms with E-state index in [1.54, 1.807) is 18.4 Å². The number of rotatable bonds is 7. The summed E-state index contributed by atoms with van der Waals surface area (Å²) in [4.78, 5) is 23.5. The van der Waals surface area contributed by atoms with Crippen molar-refractivity contribution in [1.29, 1.82) is 0 Å². The molecule has 1 saturated heterocycles. The van der Waals surface area contributed by atoms with E-state index < -0.39 is 0 Å². The first-order valence-corrected chi connectivity index (χ1v) is 11.1. The first kappa shape index (κ1) is 20.6. The Balaban J connectivity index is 1.48. The van der Waals surface area contributed by atoms with Crippen molar-refractivity contribution in [2.45, 2.75) is 39.0 Å². The molecule has 1 aliphatic rings. The number of guanidine groups is 1. The van der Waals surface area contributed by atoms with Crippen molar-refractivity contribution in [3.05, 3.63) is 29.3 Å². The lowest BCUT2D eigenvalue weighted by atomic mass is 9.93. The number of thiazole rings is 1. The number of piperidine rings is 1. The second kappa shape index (κ2) is 10.4. The highest BCUT2D eigenvalue weighted by atomic mass is 32.1. The molecule has 1 fully saturated rings. The molecule has 0 unspecified atom stereocenters. The van der Waals surface area contributed by atoms with Crippen LogP contribution in [0.25, 0.3) is 10.2 Å². The molecule has 0 radical (unpaired) electrons. The maximum absolute atomic E-state index is 11.6. The predicted octanol–water partition coefficient (Wildman–Crippen LogP) is 3.04. The number of fused-ring (bicyclic) bond motifs is 1. The van der Waals surface area contributed by atoms with Gasteiger partial charge in [0.1, 0.15) is 0 Å². The van der Waals surface area contributed by atoms with Gasteiger partial charge >= 0.3 is 0 Å². The Bertz CT molecular complexity index is 762. The monoisotopic (exact) mass is 401 g/mol. The van der Waals surface area contributed by atoms with Gasteiger partial charge in [0.2, 0.25) is 5.91 Å². The van der Waals surface area contributed by atoms with Gasteiger partial charge in [-0.2, -0.15) is 0 Å². The standard InChI is InChI=1S/C21H31N5OS/c1-3-23-21(26-13-10-16(11-14-26)15-19(27)22-2)24-12-6-9-20-25-17-7-4-5-8-18(17)28-20/h4-5,7-8,16H,3,6,9-15H2,1-2H3,(H,22,27)(H,23,24). The van der Waals surface area contributed by atoms with Crippen LogP contribution in [0.5, 0.6) is 0 Å². The largest absolute Gasteiger partial charge is 0.359 e. The van der Waals surface area contributed by atoms with Gasteiger partial charge in [0.25, 0.3) is 0 Å². The number of aliphatic imine (C=N–C) groups is 1. The van der Waals surface area contributed by atoms with E-state index in [-0.39, 0.29) is 5.91 Å². The number of nitrogens with one attached hydrogen (secondary N) is 2. The van der Waals surface area contributed by atoms with Crippen molar-refractivity contribution in [3.8, 4) is 0 Å². The number of carbonyl (C=O) groups is 1. The van der Waals surface area contributed by atoms with Gasteiger partial charge in [-0.15, -0.1) is 11.3 Å². The van der Waals surface area contributed by atoms with Gasteiger partial charge in [-0.05, 0) is 44.2 Å². The fourth-order valence-corrected chi connectivity index (χ4v) is 4.59. The lowest BCUT2D eigenvalue weighted by molar-refractivity contribution is -0.121. The van der Waals surface area contributed by atoms with Crippen LogP contribution in [0.1, 0.15) is 37.6 Å². The van der Waals surface area contributed by atoms with Crippen LogP contribution in [0.3, 0.4) is 0 Å². The van der Waals surface area contributed by atoms with Crippen molar-refractivity contribution in [1.82, 2.24) is 20.5 Å². The molecular weight excluding hydrogens is 370 g/mol. The van der Waals surface area contributed by atoms with Gasteiger partial charge in [-0.3, -0.25) is 9.79 Å². The fraction of sp³-hybridized carbons (Fsp3) is 0.571. The molecule has 0 spiro atoms. The highest BCUT2D eigenvalue weighted by Crippen LogP contribution is 2.23. The van der Waals surface area contributed by atoms with Crippen LogP contribution < -0.4 is 10.6 Å². The van der Waals surface area contributed by atoms with Crippen molar-refractivity contribution in [3.63, 3.8) is 0 Å². The summed E-state index contributed by atoms with van der Waals surface area (Å²) in [6.07, 6.45) is 4.70. The molecule has 3 rings (SSSR count). The fourth-order valence-electron chi connectivity index (χ4n) is 3.58. The van der Waals surface area contributed by atoms with Crippen LogP contribution in [-0.4, -0.2) is 55.0 Å². The number of carbonyl (C=O) groups excluding carboxylic acids is 1.